The van der Waals surface area contributed by atoms with Crippen LogP contribution in [0.3, 0.4) is 0 Å². The molecule has 8 heteroatoms. The minimum Gasteiger partial charge on any atom is -0.488 e. The minimum absolute atomic E-state index is 0.225. The van der Waals surface area contributed by atoms with Crippen molar-refractivity contribution in [2.45, 2.75) is 13.2 Å². The predicted molar refractivity (Wildman–Crippen MR) is 244 cm³/mol. The van der Waals surface area contributed by atoms with E-state index < -0.39 is 11.9 Å². The number of carbonyl (C=O) groups is 2. The zero-order chi connectivity index (χ0) is 42.4. The van der Waals surface area contributed by atoms with Crippen molar-refractivity contribution in [3.8, 4) is 45.3 Å². The molecule has 0 N–H and O–H groups in total. The third-order valence-corrected chi connectivity index (χ3v) is 11.0. The van der Waals surface area contributed by atoms with Gasteiger partial charge in [-0.1, -0.05) is 146 Å². The zero-order valence-electron chi connectivity index (χ0n) is 34.3. The summed E-state index contributed by atoms with van der Waals surface area (Å²) in [6.45, 7) is 0.160. The van der Waals surface area contributed by atoms with Gasteiger partial charge in [-0.05, 0) is 78.5 Å². The molecule has 0 spiro atoms. The summed E-state index contributed by atoms with van der Waals surface area (Å²) < 4.78 is 35.4. The molecule has 8 nitrogen and oxygen atoms in total. The van der Waals surface area contributed by atoms with Gasteiger partial charge in [-0.25, -0.2) is 9.59 Å². The molecule has 0 amide bonds. The van der Waals surface area contributed by atoms with E-state index >= 15 is 0 Å². The Balaban J connectivity index is 1.01. The first-order chi connectivity index (χ1) is 30.5. The van der Waals surface area contributed by atoms with Crippen LogP contribution in [0.1, 0.15) is 11.1 Å². The van der Waals surface area contributed by atoms with E-state index in [0.717, 1.165) is 76.5 Å². The lowest BCUT2D eigenvalue weighted by Crippen LogP contribution is -2.13. The van der Waals surface area contributed by atoms with E-state index in [-0.39, 0.29) is 13.2 Å². The quantitative estimate of drug-likeness (QED) is 0.100. The standard InChI is InChI=1S/C54H42O8/c1-57-49(55)33-61-47-29-25-39-13-5-9-17-43(39)53(47)51-41-15-7-3-11-37(41)23-27-45(51)59-31-35-19-21-36(22-20-35)32-60-46-28-24-38-12-4-8-16-42(38)52(46)54-44-18-10-6-14-40(44)26-30-48(54)62-34-50(56)58-2/h3-30H,31-34H2,1-2H3. The fourth-order valence-electron chi connectivity index (χ4n) is 7.96. The van der Waals surface area contributed by atoms with Crippen LogP contribution in [-0.4, -0.2) is 39.4 Å². The molecule has 0 aromatic heterocycles. The van der Waals surface area contributed by atoms with E-state index in [0.29, 0.717) is 36.2 Å². The number of methoxy groups -OCH3 is 2. The molecule has 0 aliphatic rings. The van der Waals surface area contributed by atoms with Crippen LogP contribution in [-0.2, 0) is 32.3 Å². The van der Waals surface area contributed by atoms with Gasteiger partial charge in [-0.3, -0.25) is 0 Å². The number of esters is 2. The van der Waals surface area contributed by atoms with Gasteiger partial charge in [0, 0.05) is 22.3 Å². The van der Waals surface area contributed by atoms with Crippen molar-refractivity contribution in [1.82, 2.24) is 0 Å². The maximum atomic E-state index is 12.2. The third-order valence-electron chi connectivity index (χ3n) is 11.0. The van der Waals surface area contributed by atoms with E-state index in [9.17, 15) is 9.59 Å². The van der Waals surface area contributed by atoms with Crippen LogP contribution >= 0.6 is 0 Å². The Labute approximate surface area is 358 Å². The first kappa shape index (κ1) is 39.6. The van der Waals surface area contributed by atoms with Gasteiger partial charge >= 0.3 is 11.9 Å². The highest BCUT2D eigenvalue weighted by Gasteiger charge is 2.22. The summed E-state index contributed by atoms with van der Waals surface area (Å²) in [5, 5.41) is 8.10. The van der Waals surface area contributed by atoms with Crippen LogP contribution in [0, 0.1) is 0 Å². The molecule has 9 aromatic carbocycles. The molecule has 0 fully saturated rings. The molecule has 9 aromatic rings. The van der Waals surface area contributed by atoms with Crippen molar-refractivity contribution in [2.24, 2.45) is 0 Å². The average Bonchev–Trinajstić information content (AvgIpc) is 3.33. The zero-order valence-corrected chi connectivity index (χ0v) is 34.3. The molecule has 0 aliphatic carbocycles. The Morgan fingerprint density at radius 2 is 0.613 bits per heavy atom. The van der Waals surface area contributed by atoms with E-state index in [1.54, 1.807) is 0 Å². The summed E-state index contributed by atoms with van der Waals surface area (Å²) in [6, 6.07) is 56.7. The Morgan fingerprint density at radius 1 is 0.339 bits per heavy atom. The summed E-state index contributed by atoms with van der Waals surface area (Å²) in [7, 11) is 2.69. The van der Waals surface area contributed by atoms with Gasteiger partial charge in [0.1, 0.15) is 36.2 Å². The van der Waals surface area contributed by atoms with Gasteiger partial charge < -0.3 is 28.4 Å². The summed E-state index contributed by atoms with van der Waals surface area (Å²) in [5.41, 5.74) is 5.38. The van der Waals surface area contributed by atoms with Crippen LogP contribution < -0.4 is 18.9 Å². The summed E-state index contributed by atoms with van der Waals surface area (Å²) in [4.78, 5) is 24.4. The Bertz CT molecular complexity index is 2890. The topological polar surface area (TPSA) is 89.5 Å². The van der Waals surface area contributed by atoms with Crippen molar-refractivity contribution in [1.29, 1.82) is 0 Å². The summed E-state index contributed by atoms with van der Waals surface area (Å²) in [6.07, 6.45) is 0. The molecule has 0 saturated heterocycles. The molecule has 306 valence electrons. The molecule has 0 aliphatic heterocycles. The lowest BCUT2D eigenvalue weighted by atomic mass is 9.92. The molecule has 0 radical (unpaired) electrons. The maximum absolute atomic E-state index is 12.2. The van der Waals surface area contributed by atoms with Crippen LogP contribution in [0.25, 0.3) is 65.3 Å². The van der Waals surface area contributed by atoms with Gasteiger partial charge in [0.25, 0.3) is 0 Å². The number of rotatable bonds is 14. The molecule has 0 heterocycles. The van der Waals surface area contributed by atoms with Crippen molar-refractivity contribution in [3.05, 3.63) is 181 Å². The van der Waals surface area contributed by atoms with Gasteiger partial charge in [-0.2, -0.15) is 0 Å². The van der Waals surface area contributed by atoms with Gasteiger partial charge in [0.05, 0.1) is 14.2 Å². The highest BCUT2D eigenvalue weighted by molar-refractivity contribution is 6.11. The molecule has 62 heavy (non-hydrogen) atoms. The first-order valence-corrected chi connectivity index (χ1v) is 20.3. The number of ether oxygens (including phenoxy) is 6. The number of fused-ring (bicyclic) bond motifs is 4. The molecular formula is C54H42O8. The van der Waals surface area contributed by atoms with E-state index in [1.807, 2.05) is 109 Å². The molecule has 0 bridgehead atoms. The molecular weight excluding hydrogens is 777 g/mol. The van der Waals surface area contributed by atoms with E-state index in [4.69, 9.17) is 28.4 Å². The van der Waals surface area contributed by atoms with Gasteiger partial charge in [0.15, 0.2) is 13.2 Å². The lowest BCUT2D eigenvalue weighted by Gasteiger charge is -2.20. The number of hydrogen-bond acceptors (Lipinski definition) is 8. The van der Waals surface area contributed by atoms with Crippen molar-refractivity contribution in [2.75, 3.05) is 27.4 Å². The highest BCUT2D eigenvalue weighted by Crippen LogP contribution is 2.47. The third kappa shape index (κ3) is 8.06. The Kier molecular flexibility index (Phi) is 11.4. The highest BCUT2D eigenvalue weighted by atomic mass is 16.6. The smallest absolute Gasteiger partial charge is 0.343 e. The maximum Gasteiger partial charge on any atom is 0.343 e. The van der Waals surface area contributed by atoms with Crippen molar-refractivity contribution < 1.29 is 38.0 Å². The van der Waals surface area contributed by atoms with E-state index in [1.165, 1.54) is 14.2 Å². The predicted octanol–water partition coefficient (Wildman–Crippen LogP) is 11.9. The second kappa shape index (κ2) is 17.8. The molecule has 0 saturated carbocycles. The average molecular weight is 819 g/mol. The van der Waals surface area contributed by atoms with Crippen molar-refractivity contribution in [3.63, 3.8) is 0 Å². The van der Waals surface area contributed by atoms with Crippen LogP contribution in [0.2, 0.25) is 0 Å². The number of benzene rings is 9. The Hall–Kier alpha value is -7.84. The monoisotopic (exact) mass is 818 g/mol. The second-order valence-corrected chi connectivity index (χ2v) is 14.8. The van der Waals surface area contributed by atoms with Crippen molar-refractivity contribution >= 4 is 55.0 Å². The van der Waals surface area contributed by atoms with E-state index in [2.05, 4.69) is 60.7 Å². The van der Waals surface area contributed by atoms with Crippen LogP contribution in [0.5, 0.6) is 23.0 Å². The normalized spacial score (nSPS) is 11.1. The Morgan fingerprint density at radius 3 is 0.903 bits per heavy atom. The van der Waals surface area contributed by atoms with Gasteiger partial charge in [-0.15, -0.1) is 0 Å². The number of carbonyl (C=O) groups excluding carboxylic acids is 2. The van der Waals surface area contributed by atoms with Crippen LogP contribution in [0.15, 0.2) is 170 Å². The number of hydrogen-bond donors (Lipinski definition) is 0. The van der Waals surface area contributed by atoms with Gasteiger partial charge in [0.2, 0.25) is 0 Å². The molecule has 0 atom stereocenters. The summed E-state index contributed by atoms with van der Waals surface area (Å²) >= 11 is 0. The fourth-order valence-corrected chi connectivity index (χ4v) is 7.96. The minimum atomic E-state index is -0.467. The lowest BCUT2D eigenvalue weighted by molar-refractivity contribution is -0.143. The first-order valence-electron chi connectivity index (χ1n) is 20.3. The molecule has 9 rings (SSSR count). The fraction of sp³-hybridized carbons (Fsp3) is 0.111. The SMILES string of the molecule is COC(=O)COc1ccc2ccccc2c1-c1c(OCc2ccc(COc3ccc4ccccc4c3-c3c(OCC(=O)OC)ccc4ccccc34)cc2)ccc2ccccc12. The largest absolute Gasteiger partial charge is 0.488 e. The molecule has 0 unspecified atom stereocenters. The second-order valence-electron chi connectivity index (χ2n) is 14.8. The summed E-state index contributed by atoms with van der Waals surface area (Å²) in [5.74, 6) is 1.54. The van der Waals surface area contributed by atoms with Crippen LogP contribution in [0.4, 0.5) is 0 Å².